The zero-order valence-electron chi connectivity index (χ0n) is 13.5. The van der Waals surface area contributed by atoms with Gasteiger partial charge in [-0.2, -0.15) is 0 Å². The van der Waals surface area contributed by atoms with Crippen LogP contribution in [0.3, 0.4) is 0 Å². The zero-order valence-corrected chi connectivity index (χ0v) is 13.5. The minimum atomic E-state index is -0.910. The van der Waals surface area contributed by atoms with Crippen molar-refractivity contribution in [1.82, 2.24) is 4.98 Å². The van der Waals surface area contributed by atoms with E-state index in [9.17, 15) is 18.0 Å². The molecule has 2 rings (SSSR count). The average molecular weight is 348 g/mol. The van der Waals surface area contributed by atoms with Gasteiger partial charge in [0.1, 0.15) is 23.9 Å². The first-order valence-corrected chi connectivity index (χ1v) is 7.33. The minimum Gasteiger partial charge on any atom is -0.362 e. The molecule has 1 heterocycles. The molecule has 7 heteroatoms. The van der Waals surface area contributed by atoms with Gasteiger partial charge in [-0.25, -0.2) is 22.7 Å². The number of benzene rings is 1. The summed E-state index contributed by atoms with van der Waals surface area (Å²) in [7, 11) is 1.46. The van der Waals surface area contributed by atoms with Gasteiger partial charge in [-0.05, 0) is 12.1 Å². The summed E-state index contributed by atoms with van der Waals surface area (Å²) < 4.78 is 43.0. The third kappa shape index (κ3) is 3.55. The average Bonchev–Trinajstić information content (AvgIpc) is 2.89. The van der Waals surface area contributed by atoms with Crippen LogP contribution in [0.25, 0.3) is 17.0 Å². The fourth-order valence-electron chi connectivity index (χ4n) is 2.49. The van der Waals surface area contributed by atoms with E-state index in [1.165, 1.54) is 35.9 Å². The van der Waals surface area contributed by atoms with Gasteiger partial charge < -0.3 is 5.73 Å². The van der Waals surface area contributed by atoms with Crippen molar-refractivity contribution in [3.8, 4) is 11.4 Å². The SMILES string of the molecule is C=CC=CC=C(CF)c1c(C(N)=O)[nH]c(-c2c(F)cccc2F)[n+]1C. The van der Waals surface area contributed by atoms with E-state index in [2.05, 4.69) is 11.6 Å². The molecule has 130 valence electrons. The monoisotopic (exact) mass is 348 g/mol. The van der Waals surface area contributed by atoms with Gasteiger partial charge in [0.25, 0.3) is 11.7 Å². The predicted molar refractivity (Wildman–Crippen MR) is 89.1 cm³/mol. The molecule has 1 aromatic heterocycles. The molecule has 25 heavy (non-hydrogen) atoms. The first-order valence-electron chi connectivity index (χ1n) is 7.33. The number of imidazole rings is 1. The van der Waals surface area contributed by atoms with Crippen LogP contribution in [-0.4, -0.2) is 17.6 Å². The van der Waals surface area contributed by atoms with Crippen LogP contribution in [0.2, 0.25) is 0 Å². The van der Waals surface area contributed by atoms with Crippen molar-refractivity contribution in [2.75, 3.05) is 6.67 Å². The van der Waals surface area contributed by atoms with E-state index in [0.29, 0.717) is 0 Å². The van der Waals surface area contributed by atoms with Gasteiger partial charge in [0.05, 0.1) is 7.05 Å². The second-order valence-corrected chi connectivity index (χ2v) is 5.16. The molecule has 0 radical (unpaired) electrons. The molecule has 1 amide bonds. The lowest BCUT2D eigenvalue weighted by molar-refractivity contribution is -0.661. The Balaban J connectivity index is 2.76. The Morgan fingerprint density at radius 1 is 1.32 bits per heavy atom. The van der Waals surface area contributed by atoms with Crippen LogP contribution in [-0.2, 0) is 7.05 Å². The van der Waals surface area contributed by atoms with E-state index >= 15 is 0 Å². The number of hydrogen-bond acceptors (Lipinski definition) is 1. The molecule has 0 atom stereocenters. The smallest absolute Gasteiger partial charge is 0.293 e. The molecule has 0 spiro atoms. The quantitative estimate of drug-likeness (QED) is 0.612. The number of amides is 1. The number of primary amides is 1. The molecule has 0 aliphatic carbocycles. The molecule has 0 unspecified atom stereocenters. The number of H-pyrrole nitrogens is 1. The van der Waals surface area contributed by atoms with Crippen molar-refractivity contribution in [2.45, 2.75) is 0 Å². The van der Waals surface area contributed by atoms with Gasteiger partial charge in [0.15, 0.2) is 5.69 Å². The maximum absolute atomic E-state index is 14.1. The normalized spacial score (nSPS) is 11.9. The van der Waals surface area contributed by atoms with Crippen LogP contribution in [0.4, 0.5) is 13.2 Å². The number of allylic oxidation sites excluding steroid dienone is 5. The van der Waals surface area contributed by atoms with Gasteiger partial charge in [-0.15, -0.1) is 0 Å². The molecule has 0 saturated heterocycles. The van der Waals surface area contributed by atoms with Crippen LogP contribution < -0.4 is 10.3 Å². The second kappa shape index (κ2) is 7.65. The largest absolute Gasteiger partial charge is 0.362 e. The highest BCUT2D eigenvalue weighted by Gasteiger charge is 2.31. The minimum absolute atomic E-state index is 0.0357. The molecule has 3 N–H and O–H groups in total. The lowest BCUT2D eigenvalue weighted by atomic mass is 10.1. The molecule has 0 bridgehead atoms. The van der Waals surface area contributed by atoms with E-state index in [-0.39, 0.29) is 28.3 Å². The molecule has 0 saturated carbocycles. The number of aromatic amines is 1. The van der Waals surface area contributed by atoms with Gasteiger partial charge in [0, 0.05) is 5.57 Å². The Morgan fingerprint density at radius 3 is 2.48 bits per heavy atom. The van der Waals surface area contributed by atoms with Gasteiger partial charge in [-0.1, -0.05) is 36.9 Å². The Kier molecular flexibility index (Phi) is 5.59. The number of aromatic nitrogens is 2. The summed E-state index contributed by atoms with van der Waals surface area (Å²) >= 11 is 0. The zero-order chi connectivity index (χ0) is 18.6. The lowest BCUT2D eigenvalue weighted by Gasteiger charge is -2.03. The van der Waals surface area contributed by atoms with E-state index < -0.39 is 24.2 Å². The molecule has 0 aliphatic heterocycles. The third-order valence-corrected chi connectivity index (χ3v) is 3.59. The number of nitrogens with two attached hydrogens (primary N) is 1. The number of halogens is 3. The number of alkyl halides is 1. The van der Waals surface area contributed by atoms with Gasteiger partial charge in [-0.3, -0.25) is 4.79 Å². The van der Waals surface area contributed by atoms with Crippen LogP contribution in [0.5, 0.6) is 0 Å². The van der Waals surface area contributed by atoms with E-state index in [1.54, 1.807) is 6.08 Å². The lowest BCUT2D eigenvalue weighted by Crippen LogP contribution is -2.35. The maximum Gasteiger partial charge on any atom is 0.293 e. The van der Waals surface area contributed by atoms with Gasteiger partial charge in [0.2, 0.25) is 5.69 Å². The van der Waals surface area contributed by atoms with Crippen molar-refractivity contribution in [2.24, 2.45) is 12.8 Å². The van der Waals surface area contributed by atoms with Crippen molar-refractivity contribution >= 4 is 11.5 Å². The van der Waals surface area contributed by atoms with Crippen molar-refractivity contribution in [3.63, 3.8) is 0 Å². The Morgan fingerprint density at radius 2 is 1.96 bits per heavy atom. The molecule has 2 aromatic rings. The van der Waals surface area contributed by atoms with E-state index in [1.807, 2.05) is 0 Å². The summed E-state index contributed by atoms with van der Waals surface area (Å²) in [5, 5.41) is 0. The fourth-order valence-corrected chi connectivity index (χ4v) is 2.49. The van der Waals surface area contributed by atoms with Crippen molar-refractivity contribution in [1.29, 1.82) is 0 Å². The van der Waals surface area contributed by atoms with E-state index in [4.69, 9.17) is 5.73 Å². The summed E-state index contributed by atoms with van der Waals surface area (Å²) in [6.45, 7) is 2.59. The fraction of sp³-hybridized carbons (Fsp3) is 0.111. The number of nitrogens with zero attached hydrogens (tertiary/aromatic N) is 1. The number of nitrogens with one attached hydrogen (secondary N) is 1. The Bertz CT molecular complexity index is 862. The third-order valence-electron chi connectivity index (χ3n) is 3.59. The molecular formula is C18H17F3N3O+. The van der Waals surface area contributed by atoms with Crippen LogP contribution >= 0.6 is 0 Å². The summed E-state index contributed by atoms with van der Waals surface area (Å²) in [6.07, 6.45) is 6.03. The Labute approximate surface area is 142 Å². The maximum atomic E-state index is 14.1. The van der Waals surface area contributed by atoms with Crippen molar-refractivity contribution < 1.29 is 22.5 Å². The molecule has 0 aliphatic rings. The summed E-state index contributed by atoms with van der Waals surface area (Å²) in [4.78, 5) is 14.4. The number of carbonyl (C=O) groups excluding carboxylic acids is 1. The summed E-state index contributed by atoms with van der Waals surface area (Å²) in [6, 6.07) is 3.39. The first-order chi connectivity index (χ1) is 11.9. The second-order valence-electron chi connectivity index (χ2n) is 5.16. The Hall–Kier alpha value is -3.09. The molecular weight excluding hydrogens is 331 g/mol. The highest BCUT2D eigenvalue weighted by Crippen LogP contribution is 2.26. The number of carbonyl (C=O) groups is 1. The first kappa shape index (κ1) is 18.3. The highest BCUT2D eigenvalue weighted by molar-refractivity contribution is 5.95. The molecule has 0 fully saturated rings. The van der Waals surface area contributed by atoms with Crippen LogP contribution in [0.1, 0.15) is 16.2 Å². The molecule has 4 nitrogen and oxygen atoms in total. The standard InChI is InChI=1S/C18H16F3N3O/c1-3-4-5-7-11(10-19)16-15(17(22)25)23-18(24(16)2)14-12(20)8-6-9-13(14)21/h3-9H,1,10H2,2H3,(H2,22,25)/p+1. The van der Waals surface area contributed by atoms with E-state index in [0.717, 1.165) is 12.1 Å². The van der Waals surface area contributed by atoms with Gasteiger partial charge >= 0.3 is 0 Å². The van der Waals surface area contributed by atoms with Crippen LogP contribution in [0.15, 0.2) is 49.1 Å². The molecule has 1 aromatic carbocycles. The topological polar surface area (TPSA) is 62.8 Å². The number of rotatable bonds is 6. The summed E-state index contributed by atoms with van der Waals surface area (Å²) in [5.41, 5.74) is 5.07. The predicted octanol–water partition coefficient (Wildman–Crippen LogP) is 2.98. The van der Waals surface area contributed by atoms with Crippen LogP contribution in [0, 0.1) is 11.6 Å². The van der Waals surface area contributed by atoms with Crippen molar-refractivity contribution in [3.05, 3.63) is 72.1 Å². The highest BCUT2D eigenvalue weighted by atomic mass is 19.1. The summed E-state index contributed by atoms with van der Waals surface area (Å²) in [5.74, 6) is -2.55. The number of hydrogen-bond donors (Lipinski definition) is 2.